The first-order chi connectivity index (χ1) is 9.61. The summed E-state index contributed by atoms with van der Waals surface area (Å²) in [6, 6.07) is 4.97. The molecule has 0 aromatic heterocycles. The zero-order valence-electron chi connectivity index (χ0n) is 12.0. The lowest BCUT2D eigenvalue weighted by molar-refractivity contribution is 0.0941. The van der Waals surface area contributed by atoms with E-state index >= 15 is 0 Å². The third-order valence-electron chi connectivity index (χ3n) is 3.86. The number of phenols is 1. The standard InChI is InChI=1S/C15H22N2O3/c1-10-4-3-7-16-13(10)9-17-15(19)12-6-5-11(20-2)8-14(12)18/h5-6,8,10,13,16,18H,3-4,7,9H2,1-2H3,(H,17,19). The Balaban J connectivity index is 1.94. The molecule has 0 bridgehead atoms. The first-order valence-electron chi connectivity index (χ1n) is 7.00. The number of aromatic hydroxyl groups is 1. The highest BCUT2D eigenvalue weighted by molar-refractivity contribution is 5.97. The van der Waals surface area contributed by atoms with Gasteiger partial charge in [0.25, 0.3) is 5.91 Å². The van der Waals surface area contributed by atoms with Crippen molar-refractivity contribution in [3.8, 4) is 11.5 Å². The minimum Gasteiger partial charge on any atom is -0.507 e. The van der Waals surface area contributed by atoms with Crippen molar-refractivity contribution in [2.45, 2.75) is 25.8 Å². The minimum atomic E-state index is -0.260. The van der Waals surface area contributed by atoms with Gasteiger partial charge in [0.2, 0.25) is 0 Å². The summed E-state index contributed by atoms with van der Waals surface area (Å²) in [5.41, 5.74) is 0.272. The van der Waals surface area contributed by atoms with Crippen molar-refractivity contribution < 1.29 is 14.6 Å². The Morgan fingerprint density at radius 2 is 2.35 bits per heavy atom. The molecule has 1 aromatic rings. The molecule has 0 spiro atoms. The summed E-state index contributed by atoms with van der Waals surface area (Å²) in [5.74, 6) is 0.756. The maximum Gasteiger partial charge on any atom is 0.255 e. The second-order valence-corrected chi connectivity index (χ2v) is 5.27. The van der Waals surface area contributed by atoms with Crippen LogP contribution in [0.3, 0.4) is 0 Å². The quantitative estimate of drug-likeness (QED) is 0.781. The SMILES string of the molecule is COc1ccc(C(=O)NCC2NCCCC2C)c(O)c1. The molecule has 5 nitrogen and oxygen atoms in total. The van der Waals surface area contributed by atoms with Crippen LogP contribution in [0.2, 0.25) is 0 Å². The van der Waals surface area contributed by atoms with Gasteiger partial charge in [-0.05, 0) is 37.4 Å². The molecule has 2 atom stereocenters. The van der Waals surface area contributed by atoms with Crippen LogP contribution in [-0.2, 0) is 0 Å². The molecule has 0 aliphatic carbocycles. The molecule has 2 unspecified atom stereocenters. The van der Waals surface area contributed by atoms with E-state index < -0.39 is 0 Å². The predicted octanol–water partition coefficient (Wildman–Crippen LogP) is 1.52. The molecule has 1 aliphatic heterocycles. The molecule has 2 rings (SSSR count). The Kier molecular flexibility index (Phi) is 4.84. The van der Waals surface area contributed by atoms with Crippen molar-refractivity contribution in [1.82, 2.24) is 10.6 Å². The fourth-order valence-electron chi connectivity index (χ4n) is 2.52. The van der Waals surface area contributed by atoms with Gasteiger partial charge in [0.1, 0.15) is 11.5 Å². The fraction of sp³-hybridized carbons (Fsp3) is 0.533. The molecule has 1 heterocycles. The second kappa shape index (κ2) is 6.61. The average molecular weight is 278 g/mol. The van der Waals surface area contributed by atoms with Crippen molar-refractivity contribution in [2.24, 2.45) is 5.92 Å². The maximum atomic E-state index is 12.1. The van der Waals surface area contributed by atoms with E-state index in [4.69, 9.17) is 4.74 Å². The number of benzene rings is 1. The van der Waals surface area contributed by atoms with E-state index in [2.05, 4.69) is 17.6 Å². The van der Waals surface area contributed by atoms with E-state index in [-0.39, 0.29) is 17.2 Å². The molecule has 1 aromatic carbocycles. The van der Waals surface area contributed by atoms with Crippen LogP contribution < -0.4 is 15.4 Å². The van der Waals surface area contributed by atoms with E-state index in [1.807, 2.05) is 0 Å². The normalized spacial score (nSPS) is 22.3. The molecular formula is C15H22N2O3. The Bertz CT molecular complexity index is 476. The zero-order chi connectivity index (χ0) is 14.5. The van der Waals surface area contributed by atoms with Gasteiger partial charge in [-0.25, -0.2) is 0 Å². The number of piperidine rings is 1. The lowest BCUT2D eigenvalue weighted by Gasteiger charge is -2.30. The van der Waals surface area contributed by atoms with Crippen molar-refractivity contribution in [1.29, 1.82) is 0 Å². The number of rotatable bonds is 4. The van der Waals surface area contributed by atoms with Gasteiger partial charge in [-0.2, -0.15) is 0 Å². The summed E-state index contributed by atoms with van der Waals surface area (Å²) in [6.07, 6.45) is 2.37. The molecule has 110 valence electrons. The maximum absolute atomic E-state index is 12.1. The third-order valence-corrected chi connectivity index (χ3v) is 3.86. The number of carbonyl (C=O) groups is 1. The van der Waals surface area contributed by atoms with Crippen LogP contribution in [-0.4, -0.2) is 37.3 Å². The van der Waals surface area contributed by atoms with Gasteiger partial charge in [-0.3, -0.25) is 4.79 Å². The predicted molar refractivity (Wildman–Crippen MR) is 77.2 cm³/mol. The molecule has 3 N–H and O–H groups in total. The highest BCUT2D eigenvalue weighted by Gasteiger charge is 2.21. The van der Waals surface area contributed by atoms with E-state index in [1.165, 1.54) is 26.0 Å². The summed E-state index contributed by atoms with van der Waals surface area (Å²) >= 11 is 0. The third kappa shape index (κ3) is 3.42. The number of hydrogen-bond acceptors (Lipinski definition) is 4. The van der Waals surface area contributed by atoms with Gasteiger partial charge in [-0.15, -0.1) is 0 Å². The molecule has 0 radical (unpaired) electrons. The lowest BCUT2D eigenvalue weighted by atomic mass is 9.93. The number of methoxy groups -OCH3 is 1. The average Bonchev–Trinajstić information content (AvgIpc) is 2.46. The number of ether oxygens (including phenoxy) is 1. The summed E-state index contributed by atoms with van der Waals surface area (Å²) in [5, 5.41) is 16.1. The second-order valence-electron chi connectivity index (χ2n) is 5.27. The monoisotopic (exact) mass is 278 g/mol. The van der Waals surface area contributed by atoms with Crippen LogP contribution in [0.4, 0.5) is 0 Å². The Morgan fingerprint density at radius 3 is 3.00 bits per heavy atom. The molecule has 1 saturated heterocycles. The topological polar surface area (TPSA) is 70.6 Å². The summed E-state index contributed by atoms with van der Waals surface area (Å²) in [4.78, 5) is 12.1. The van der Waals surface area contributed by atoms with Crippen molar-refractivity contribution in [3.05, 3.63) is 23.8 Å². The Morgan fingerprint density at radius 1 is 1.55 bits per heavy atom. The van der Waals surface area contributed by atoms with Gasteiger partial charge < -0.3 is 20.5 Å². The molecule has 0 saturated carbocycles. The van der Waals surface area contributed by atoms with Crippen LogP contribution in [0.5, 0.6) is 11.5 Å². The van der Waals surface area contributed by atoms with E-state index in [1.54, 1.807) is 12.1 Å². The first kappa shape index (κ1) is 14.7. The molecule has 1 amide bonds. The van der Waals surface area contributed by atoms with Crippen molar-refractivity contribution in [3.63, 3.8) is 0 Å². The summed E-state index contributed by atoms with van der Waals surface area (Å²) in [6.45, 7) is 3.76. The summed E-state index contributed by atoms with van der Waals surface area (Å²) in [7, 11) is 1.52. The van der Waals surface area contributed by atoms with Crippen molar-refractivity contribution >= 4 is 5.91 Å². The van der Waals surface area contributed by atoms with Gasteiger partial charge in [0.15, 0.2) is 0 Å². The van der Waals surface area contributed by atoms with Crippen molar-refractivity contribution in [2.75, 3.05) is 20.2 Å². The number of carbonyl (C=O) groups excluding carboxylic acids is 1. The largest absolute Gasteiger partial charge is 0.507 e. The Hall–Kier alpha value is -1.75. The van der Waals surface area contributed by atoms with E-state index in [0.29, 0.717) is 24.3 Å². The molecule has 1 aliphatic rings. The van der Waals surface area contributed by atoms with Crippen LogP contribution in [0, 0.1) is 5.92 Å². The van der Waals surface area contributed by atoms with Crippen LogP contribution in [0.15, 0.2) is 18.2 Å². The zero-order valence-corrected chi connectivity index (χ0v) is 12.0. The van der Waals surface area contributed by atoms with Gasteiger partial charge in [0, 0.05) is 18.7 Å². The van der Waals surface area contributed by atoms with Gasteiger partial charge in [0.05, 0.1) is 12.7 Å². The molecule has 5 heteroatoms. The number of phenolic OH excluding ortho intramolecular Hbond substituents is 1. The van der Waals surface area contributed by atoms with Crippen LogP contribution in [0.1, 0.15) is 30.1 Å². The number of hydrogen-bond donors (Lipinski definition) is 3. The summed E-state index contributed by atoms with van der Waals surface area (Å²) < 4.78 is 5.00. The first-order valence-corrected chi connectivity index (χ1v) is 7.00. The van der Waals surface area contributed by atoms with Crippen LogP contribution in [0.25, 0.3) is 0 Å². The number of amides is 1. The minimum absolute atomic E-state index is 0.0634. The lowest BCUT2D eigenvalue weighted by Crippen LogP contribution is -2.47. The Labute approximate surface area is 119 Å². The van der Waals surface area contributed by atoms with Crippen LogP contribution >= 0.6 is 0 Å². The molecule has 1 fully saturated rings. The number of nitrogens with one attached hydrogen (secondary N) is 2. The molecule has 20 heavy (non-hydrogen) atoms. The fourth-order valence-corrected chi connectivity index (χ4v) is 2.52. The molecular weight excluding hydrogens is 256 g/mol. The van der Waals surface area contributed by atoms with E-state index in [9.17, 15) is 9.90 Å². The van der Waals surface area contributed by atoms with E-state index in [0.717, 1.165) is 6.54 Å². The highest BCUT2D eigenvalue weighted by Crippen LogP contribution is 2.23. The van der Waals surface area contributed by atoms with Gasteiger partial charge >= 0.3 is 0 Å². The highest BCUT2D eigenvalue weighted by atomic mass is 16.5. The smallest absolute Gasteiger partial charge is 0.255 e. The van der Waals surface area contributed by atoms with Gasteiger partial charge in [-0.1, -0.05) is 6.92 Å².